The first-order valence-corrected chi connectivity index (χ1v) is 12.3. The maximum Gasteiger partial charge on any atom is 0.194 e. The second kappa shape index (κ2) is 10.9. The first-order valence-electron chi connectivity index (χ1n) is 12.3. The lowest BCUT2D eigenvalue weighted by Gasteiger charge is -2.20. The number of allylic oxidation sites excluding steroid dienone is 5. The summed E-state index contributed by atoms with van der Waals surface area (Å²) in [6.45, 7) is 1.09. The van der Waals surface area contributed by atoms with Crippen molar-refractivity contribution in [3.8, 4) is 33.8 Å². The van der Waals surface area contributed by atoms with Gasteiger partial charge in [0.1, 0.15) is 17.8 Å². The average Bonchev–Trinajstić information content (AvgIpc) is 2.95. The third-order valence-corrected chi connectivity index (χ3v) is 6.65. The van der Waals surface area contributed by atoms with Crippen LogP contribution in [0.2, 0.25) is 0 Å². The van der Waals surface area contributed by atoms with Gasteiger partial charge in [-0.15, -0.1) is 0 Å². The summed E-state index contributed by atoms with van der Waals surface area (Å²) in [5.74, 6) is -7.69. The Morgan fingerprint density at radius 1 is 0.707 bits per heavy atom. The molecule has 0 amide bonds. The van der Waals surface area contributed by atoms with E-state index in [4.69, 9.17) is 0 Å². The van der Waals surface area contributed by atoms with Crippen LogP contribution in [-0.2, 0) is 0 Å². The summed E-state index contributed by atoms with van der Waals surface area (Å²) >= 11 is 0. The van der Waals surface area contributed by atoms with Crippen molar-refractivity contribution in [1.29, 1.82) is 0 Å². The topological polar surface area (TPSA) is 40.5 Å². The lowest BCUT2D eigenvalue weighted by atomic mass is 9.86. The average molecular weight is 563 g/mol. The normalized spacial score (nSPS) is 12.9. The molecule has 0 aliphatic rings. The summed E-state index contributed by atoms with van der Waals surface area (Å²) in [5.41, 5.74) is -0.439. The second-order valence-electron chi connectivity index (χ2n) is 9.32. The highest BCUT2D eigenvalue weighted by Crippen LogP contribution is 2.51. The fraction of sp³-hybridized carbons (Fsp3) is 0.0303. The Morgan fingerprint density at radius 2 is 1.24 bits per heavy atom. The Balaban J connectivity index is 1.95. The Bertz CT molecular complexity index is 1910. The molecule has 0 bridgehead atoms. The number of halogens is 6. The van der Waals surface area contributed by atoms with Crippen LogP contribution >= 0.6 is 0 Å². The third kappa shape index (κ3) is 5.04. The molecule has 0 aliphatic carbocycles. The van der Waals surface area contributed by atoms with E-state index in [2.05, 4.69) is 0 Å². The minimum absolute atomic E-state index is 0.0390. The molecule has 0 fully saturated rings. The van der Waals surface area contributed by atoms with Gasteiger partial charge >= 0.3 is 0 Å². The van der Waals surface area contributed by atoms with E-state index in [9.17, 15) is 36.6 Å². The molecule has 5 aromatic rings. The number of rotatable bonds is 5. The first kappa shape index (κ1) is 27.6. The van der Waals surface area contributed by atoms with Gasteiger partial charge in [-0.1, -0.05) is 48.5 Å². The van der Waals surface area contributed by atoms with E-state index >= 15 is 0 Å². The standard InChI is InChI=1S/C33H20F6O2/c1-17(35)10-20(11-22(36)16-34)25-12-18-6-2-4-8-23(18)29(32(25)40)30-24-9-5-3-7-19(24)13-26(33(30)41)21-14-27(37)31(39)28(38)15-21/h2-16,40-41H,1H3/b17-10+,20-11+,22-16-. The van der Waals surface area contributed by atoms with Crippen LogP contribution in [-0.4, -0.2) is 10.2 Å². The molecular formula is C33H20F6O2. The molecule has 5 rings (SSSR count). The quantitative estimate of drug-likeness (QED) is 0.127. The van der Waals surface area contributed by atoms with Gasteiger partial charge in [0.15, 0.2) is 23.3 Å². The molecule has 0 heterocycles. The largest absolute Gasteiger partial charge is 0.507 e. The van der Waals surface area contributed by atoms with Gasteiger partial charge in [0.2, 0.25) is 0 Å². The first-order chi connectivity index (χ1) is 19.6. The van der Waals surface area contributed by atoms with Crippen LogP contribution in [0.5, 0.6) is 11.5 Å². The van der Waals surface area contributed by atoms with Crippen LogP contribution in [0.4, 0.5) is 26.3 Å². The molecule has 0 unspecified atom stereocenters. The molecule has 0 saturated carbocycles. The summed E-state index contributed by atoms with van der Waals surface area (Å²) in [6, 6.07) is 17.8. The molecule has 8 heteroatoms. The summed E-state index contributed by atoms with van der Waals surface area (Å²) in [7, 11) is 0. The van der Waals surface area contributed by atoms with E-state index in [1.54, 1.807) is 48.5 Å². The maximum atomic E-state index is 14.2. The van der Waals surface area contributed by atoms with Crippen molar-refractivity contribution in [1.82, 2.24) is 0 Å². The zero-order valence-electron chi connectivity index (χ0n) is 21.3. The van der Waals surface area contributed by atoms with Crippen molar-refractivity contribution in [2.24, 2.45) is 0 Å². The molecule has 0 atom stereocenters. The number of hydrogen-bond donors (Lipinski definition) is 2. The third-order valence-electron chi connectivity index (χ3n) is 6.65. The zero-order chi connectivity index (χ0) is 29.4. The number of fused-ring (bicyclic) bond motifs is 2. The van der Waals surface area contributed by atoms with Gasteiger partial charge < -0.3 is 10.2 Å². The van der Waals surface area contributed by atoms with Crippen LogP contribution < -0.4 is 0 Å². The van der Waals surface area contributed by atoms with E-state index in [1.165, 1.54) is 12.1 Å². The monoisotopic (exact) mass is 562 g/mol. The number of phenolic OH excluding ortho intramolecular Hbond substituents is 2. The van der Waals surface area contributed by atoms with Crippen LogP contribution in [0.1, 0.15) is 12.5 Å². The molecule has 2 N–H and O–H groups in total. The summed E-state index contributed by atoms with van der Waals surface area (Å²) < 4.78 is 83.2. The second-order valence-corrected chi connectivity index (χ2v) is 9.32. The molecule has 206 valence electrons. The number of benzene rings is 5. The highest BCUT2D eigenvalue weighted by molar-refractivity contribution is 6.13. The summed E-state index contributed by atoms with van der Waals surface area (Å²) in [6.07, 6.45) is 1.30. The molecule has 2 nitrogen and oxygen atoms in total. The van der Waals surface area contributed by atoms with Crippen molar-refractivity contribution >= 4 is 27.1 Å². The van der Waals surface area contributed by atoms with Gasteiger partial charge in [0, 0.05) is 22.3 Å². The van der Waals surface area contributed by atoms with E-state index in [1.807, 2.05) is 0 Å². The summed E-state index contributed by atoms with van der Waals surface area (Å²) in [4.78, 5) is 0. The van der Waals surface area contributed by atoms with E-state index < -0.39 is 40.6 Å². The molecule has 0 aliphatic heterocycles. The molecule has 0 saturated heterocycles. The van der Waals surface area contributed by atoms with Gasteiger partial charge in [-0.2, -0.15) is 0 Å². The lowest BCUT2D eigenvalue weighted by Crippen LogP contribution is -1.95. The van der Waals surface area contributed by atoms with Crippen LogP contribution in [0.25, 0.3) is 49.4 Å². The molecule has 0 radical (unpaired) electrons. The number of aromatic hydroxyl groups is 2. The van der Waals surface area contributed by atoms with Gasteiger partial charge in [0.05, 0.1) is 5.83 Å². The van der Waals surface area contributed by atoms with E-state index in [0.29, 0.717) is 27.6 Å². The molecule has 0 aromatic heterocycles. The number of phenols is 2. The van der Waals surface area contributed by atoms with Gasteiger partial charge in [-0.25, -0.2) is 26.3 Å². The van der Waals surface area contributed by atoms with Gasteiger partial charge in [-0.3, -0.25) is 0 Å². The molecular weight excluding hydrogens is 542 g/mol. The molecule has 41 heavy (non-hydrogen) atoms. The van der Waals surface area contributed by atoms with Crippen LogP contribution in [0.15, 0.2) is 103 Å². The van der Waals surface area contributed by atoms with Gasteiger partial charge in [0.25, 0.3) is 0 Å². The van der Waals surface area contributed by atoms with E-state index in [0.717, 1.165) is 25.1 Å². The fourth-order valence-electron chi connectivity index (χ4n) is 4.92. The smallest absolute Gasteiger partial charge is 0.194 e. The maximum absolute atomic E-state index is 14.2. The zero-order valence-corrected chi connectivity index (χ0v) is 21.3. The van der Waals surface area contributed by atoms with Crippen molar-refractivity contribution in [2.75, 3.05) is 0 Å². The van der Waals surface area contributed by atoms with Crippen molar-refractivity contribution in [3.05, 3.63) is 126 Å². The highest BCUT2D eigenvalue weighted by atomic mass is 19.2. The Hall–Kier alpha value is -4.98. The van der Waals surface area contributed by atoms with Crippen LogP contribution in [0.3, 0.4) is 0 Å². The van der Waals surface area contributed by atoms with E-state index in [-0.39, 0.29) is 39.7 Å². The van der Waals surface area contributed by atoms with Crippen LogP contribution in [0, 0.1) is 17.5 Å². The van der Waals surface area contributed by atoms with Crippen molar-refractivity contribution in [2.45, 2.75) is 6.92 Å². The predicted octanol–water partition coefficient (Wildman–Crippen LogP) is 10.2. The Labute approximate surface area is 230 Å². The van der Waals surface area contributed by atoms with Gasteiger partial charge in [-0.05, 0) is 76.0 Å². The van der Waals surface area contributed by atoms with Crippen molar-refractivity contribution in [3.63, 3.8) is 0 Å². The number of hydrogen-bond acceptors (Lipinski definition) is 2. The highest BCUT2D eigenvalue weighted by Gasteiger charge is 2.24. The SMILES string of the molecule is C\C(F)=C/C(=C\C(F)=C\F)c1cc2ccccc2c(-c2c(O)c(-c3cc(F)c(F)c(F)c3)cc3ccccc23)c1O. The minimum atomic E-state index is -1.67. The fourth-order valence-corrected chi connectivity index (χ4v) is 4.92. The Morgan fingerprint density at radius 3 is 1.80 bits per heavy atom. The molecule has 5 aromatic carbocycles. The Kier molecular flexibility index (Phi) is 7.32. The molecule has 0 spiro atoms. The van der Waals surface area contributed by atoms with Crippen molar-refractivity contribution < 1.29 is 36.6 Å². The predicted molar refractivity (Wildman–Crippen MR) is 149 cm³/mol. The lowest BCUT2D eigenvalue weighted by molar-refractivity contribution is 0.447. The summed E-state index contributed by atoms with van der Waals surface area (Å²) in [5, 5.41) is 25.1. The minimum Gasteiger partial charge on any atom is -0.507 e.